The first-order valence-corrected chi connectivity index (χ1v) is 8.48. The molecule has 0 saturated carbocycles. The zero-order valence-corrected chi connectivity index (χ0v) is 14.8. The number of aromatic nitrogens is 1. The van der Waals surface area contributed by atoms with Crippen molar-refractivity contribution in [2.24, 2.45) is 0 Å². The first kappa shape index (κ1) is 17.5. The first-order valence-electron chi connectivity index (χ1n) is 8.48. The lowest BCUT2D eigenvalue weighted by Gasteiger charge is -2.09. The van der Waals surface area contributed by atoms with Gasteiger partial charge in [0.05, 0.1) is 18.5 Å². The summed E-state index contributed by atoms with van der Waals surface area (Å²) in [6.07, 6.45) is 1.63. The minimum atomic E-state index is -0.142. The maximum absolute atomic E-state index is 12.3. The molecular weight excluding hydrogens is 326 g/mol. The lowest BCUT2D eigenvalue weighted by atomic mass is 10.1. The Kier molecular flexibility index (Phi) is 5.49. The van der Waals surface area contributed by atoms with Gasteiger partial charge in [-0.15, -0.1) is 0 Å². The van der Waals surface area contributed by atoms with Gasteiger partial charge < -0.3 is 15.4 Å². The molecule has 1 amide bonds. The predicted molar refractivity (Wildman–Crippen MR) is 104 cm³/mol. The molecule has 0 saturated heterocycles. The van der Waals surface area contributed by atoms with Gasteiger partial charge in [-0.25, -0.2) is 4.98 Å². The van der Waals surface area contributed by atoms with Crippen LogP contribution in [0.1, 0.15) is 22.8 Å². The van der Waals surface area contributed by atoms with Crippen LogP contribution in [0.25, 0.3) is 0 Å². The minimum absolute atomic E-state index is 0.142. The third-order valence-corrected chi connectivity index (χ3v) is 3.85. The molecule has 0 spiro atoms. The molecule has 3 rings (SSSR count). The fourth-order valence-electron chi connectivity index (χ4n) is 2.52. The third kappa shape index (κ3) is 4.39. The summed E-state index contributed by atoms with van der Waals surface area (Å²) >= 11 is 0. The summed E-state index contributed by atoms with van der Waals surface area (Å²) in [5, 5.41) is 6.08. The molecule has 0 bridgehead atoms. The molecule has 0 aliphatic carbocycles. The second-order valence-electron chi connectivity index (χ2n) is 5.78. The molecule has 5 nitrogen and oxygen atoms in total. The average Bonchev–Trinajstić information content (AvgIpc) is 2.65. The molecule has 0 atom stereocenters. The van der Waals surface area contributed by atoms with Crippen LogP contribution in [0.2, 0.25) is 0 Å². The Labute approximate surface area is 153 Å². The Morgan fingerprint density at radius 3 is 2.38 bits per heavy atom. The summed E-state index contributed by atoms with van der Waals surface area (Å²) in [5.74, 6) is 1.39. The van der Waals surface area contributed by atoms with Gasteiger partial charge >= 0.3 is 0 Å². The molecule has 2 N–H and O–H groups in total. The summed E-state index contributed by atoms with van der Waals surface area (Å²) in [6, 6.07) is 18.8. The number of carbonyl (C=O) groups excluding carboxylic acids is 1. The second kappa shape index (κ2) is 8.16. The molecule has 0 unspecified atom stereocenters. The van der Waals surface area contributed by atoms with Crippen molar-refractivity contribution in [1.29, 1.82) is 0 Å². The van der Waals surface area contributed by atoms with E-state index in [1.54, 1.807) is 12.3 Å². The number of pyridine rings is 1. The van der Waals surface area contributed by atoms with Crippen molar-refractivity contribution in [3.05, 3.63) is 78.0 Å². The molecule has 3 aromatic rings. The van der Waals surface area contributed by atoms with Crippen LogP contribution >= 0.6 is 0 Å². The molecule has 1 aromatic heterocycles. The van der Waals surface area contributed by atoms with E-state index >= 15 is 0 Å². The topological polar surface area (TPSA) is 63.2 Å². The molecule has 132 valence electrons. The van der Waals surface area contributed by atoms with Crippen LogP contribution in [0, 0.1) is 6.92 Å². The Balaban J connectivity index is 1.63. The Bertz CT molecular complexity index is 875. The summed E-state index contributed by atoms with van der Waals surface area (Å²) in [6.45, 7) is 4.51. The van der Waals surface area contributed by atoms with E-state index in [2.05, 4.69) is 15.6 Å². The lowest BCUT2D eigenvalue weighted by Crippen LogP contribution is -2.13. The smallest absolute Gasteiger partial charge is 0.255 e. The van der Waals surface area contributed by atoms with E-state index in [0.717, 1.165) is 17.0 Å². The van der Waals surface area contributed by atoms with Crippen LogP contribution in [0.3, 0.4) is 0 Å². The highest BCUT2D eigenvalue weighted by Crippen LogP contribution is 2.20. The molecule has 0 aliphatic rings. The number of carbonyl (C=O) groups is 1. The molecule has 0 fully saturated rings. The molecule has 2 aromatic carbocycles. The van der Waals surface area contributed by atoms with E-state index in [9.17, 15) is 4.79 Å². The van der Waals surface area contributed by atoms with Crippen molar-refractivity contribution in [2.45, 2.75) is 13.8 Å². The summed E-state index contributed by atoms with van der Waals surface area (Å²) in [5.41, 5.74) is 3.16. The minimum Gasteiger partial charge on any atom is -0.494 e. The van der Waals surface area contributed by atoms with E-state index in [4.69, 9.17) is 4.74 Å². The highest BCUT2D eigenvalue weighted by Gasteiger charge is 2.08. The number of aryl methyl sites for hydroxylation is 1. The monoisotopic (exact) mass is 347 g/mol. The molecular formula is C21H21N3O2. The number of benzene rings is 2. The normalized spacial score (nSPS) is 10.2. The van der Waals surface area contributed by atoms with E-state index < -0.39 is 0 Å². The standard InChI is InChI=1S/C21H21N3O2/c1-3-26-18-11-8-16(9-12-18)23-20-13-10-17(14-22-20)24-21(25)19-7-5-4-6-15(19)2/h4-14H,3H2,1-2H3,(H,22,23)(H,24,25). The van der Waals surface area contributed by atoms with Gasteiger partial charge in [0, 0.05) is 11.3 Å². The maximum atomic E-state index is 12.3. The van der Waals surface area contributed by atoms with Gasteiger partial charge in [-0.3, -0.25) is 4.79 Å². The van der Waals surface area contributed by atoms with Crippen molar-refractivity contribution in [3.8, 4) is 5.75 Å². The maximum Gasteiger partial charge on any atom is 0.255 e. The number of hydrogen-bond acceptors (Lipinski definition) is 4. The third-order valence-electron chi connectivity index (χ3n) is 3.85. The van der Waals surface area contributed by atoms with E-state index in [-0.39, 0.29) is 5.91 Å². The van der Waals surface area contributed by atoms with E-state index in [1.165, 1.54) is 0 Å². The van der Waals surface area contributed by atoms with Crippen LogP contribution in [0.15, 0.2) is 66.9 Å². The predicted octanol–water partition coefficient (Wildman–Crippen LogP) is 4.78. The first-order chi connectivity index (χ1) is 12.7. The molecule has 0 radical (unpaired) electrons. The number of rotatable bonds is 6. The number of amides is 1. The SMILES string of the molecule is CCOc1ccc(Nc2ccc(NC(=O)c3ccccc3C)cn2)cc1. The van der Waals surface area contributed by atoms with Gasteiger partial charge in [0.1, 0.15) is 11.6 Å². The zero-order valence-electron chi connectivity index (χ0n) is 14.8. The van der Waals surface area contributed by atoms with Gasteiger partial charge in [-0.05, 0) is 61.9 Å². The van der Waals surface area contributed by atoms with Crippen LogP contribution in [0.5, 0.6) is 5.75 Å². The van der Waals surface area contributed by atoms with Gasteiger partial charge in [-0.2, -0.15) is 0 Å². The van der Waals surface area contributed by atoms with Crippen molar-refractivity contribution < 1.29 is 9.53 Å². The summed E-state index contributed by atoms with van der Waals surface area (Å²) < 4.78 is 5.42. The number of hydrogen-bond donors (Lipinski definition) is 2. The van der Waals surface area contributed by atoms with Crippen LogP contribution in [-0.4, -0.2) is 17.5 Å². The second-order valence-corrected chi connectivity index (χ2v) is 5.78. The molecule has 5 heteroatoms. The van der Waals surface area contributed by atoms with Crippen LogP contribution in [0.4, 0.5) is 17.2 Å². The molecule has 26 heavy (non-hydrogen) atoms. The van der Waals surface area contributed by atoms with Crippen LogP contribution < -0.4 is 15.4 Å². The average molecular weight is 347 g/mol. The fourth-order valence-corrected chi connectivity index (χ4v) is 2.52. The van der Waals surface area contributed by atoms with Crippen molar-refractivity contribution in [1.82, 2.24) is 4.98 Å². The highest BCUT2D eigenvalue weighted by atomic mass is 16.5. The Hall–Kier alpha value is -3.34. The zero-order chi connectivity index (χ0) is 18.4. The lowest BCUT2D eigenvalue weighted by molar-refractivity contribution is 0.102. The highest BCUT2D eigenvalue weighted by molar-refractivity contribution is 6.05. The van der Waals surface area contributed by atoms with E-state index in [1.807, 2.05) is 68.4 Å². The van der Waals surface area contributed by atoms with Crippen LogP contribution in [-0.2, 0) is 0 Å². The molecule has 1 heterocycles. The largest absolute Gasteiger partial charge is 0.494 e. The number of ether oxygens (including phenoxy) is 1. The quantitative estimate of drug-likeness (QED) is 0.673. The number of nitrogens with zero attached hydrogens (tertiary/aromatic N) is 1. The van der Waals surface area contributed by atoms with Gasteiger partial charge in [0.25, 0.3) is 5.91 Å². The Morgan fingerprint density at radius 1 is 1.00 bits per heavy atom. The van der Waals surface area contributed by atoms with Crippen molar-refractivity contribution in [3.63, 3.8) is 0 Å². The Morgan fingerprint density at radius 2 is 1.73 bits per heavy atom. The number of nitrogens with one attached hydrogen (secondary N) is 2. The fraction of sp³-hybridized carbons (Fsp3) is 0.143. The van der Waals surface area contributed by atoms with Crippen molar-refractivity contribution >= 4 is 23.1 Å². The van der Waals surface area contributed by atoms with Gasteiger partial charge in [0.2, 0.25) is 0 Å². The van der Waals surface area contributed by atoms with Crippen molar-refractivity contribution in [2.75, 3.05) is 17.2 Å². The van der Waals surface area contributed by atoms with E-state index in [0.29, 0.717) is 23.7 Å². The number of anilines is 3. The van der Waals surface area contributed by atoms with Gasteiger partial charge in [-0.1, -0.05) is 18.2 Å². The summed E-state index contributed by atoms with van der Waals surface area (Å²) in [7, 11) is 0. The van der Waals surface area contributed by atoms with Gasteiger partial charge in [0.15, 0.2) is 0 Å². The summed E-state index contributed by atoms with van der Waals surface area (Å²) in [4.78, 5) is 16.7. The molecule has 0 aliphatic heterocycles.